The van der Waals surface area contributed by atoms with Crippen LogP contribution >= 0.6 is 0 Å². The van der Waals surface area contributed by atoms with Crippen LogP contribution in [0.1, 0.15) is 22.8 Å². The van der Waals surface area contributed by atoms with Crippen LogP contribution in [0.25, 0.3) is 0 Å². The fourth-order valence-corrected chi connectivity index (χ4v) is 3.15. The Balaban J connectivity index is 1.55. The molecule has 0 spiro atoms. The highest BCUT2D eigenvalue weighted by atomic mass is 19.1. The molecule has 0 aliphatic carbocycles. The molecule has 142 valence electrons. The van der Waals surface area contributed by atoms with Crippen molar-refractivity contribution in [2.45, 2.75) is 13.3 Å². The molecule has 0 N–H and O–H groups in total. The minimum Gasteiger partial charge on any atom is -0.462 e. The Morgan fingerprint density at radius 2 is 1.67 bits per heavy atom. The van der Waals surface area contributed by atoms with Crippen LogP contribution in [0.5, 0.6) is 0 Å². The predicted molar refractivity (Wildman–Crippen MR) is 101 cm³/mol. The van der Waals surface area contributed by atoms with Crippen molar-refractivity contribution >= 4 is 17.6 Å². The fourth-order valence-electron chi connectivity index (χ4n) is 3.15. The van der Waals surface area contributed by atoms with Gasteiger partial charge in [0.05, 0.1) is 18.6 Å². The molecule has 1 saturated heterocycles. The highest BCUT2D eigenvalue weighted by molar-refractivity contribution is 5.89. The van der Waals surface area contributed by atoms with Crippen molar-refractivity contribution in [3.05, 3.63) is 65.5 Å². The molecule has 1 aliphatic heterocycles. The highest BCUT2D eigenvalue weighted by Gasteiger charge is 2.22. The largest absolute Gasteiger partial charge is 0.462 e. The number of ether oxygens (including phenoxy) is 1. The molecule has 1 amide bonds. The Bertz CT molecular complexity index is 799. The number of hydrogen-bond acceptors (Lipinski definition) is 4. The van der Waals surface area contributed by atoms with E-state index in [-0.39, 0.29) is 24.1 Å². The average Bonchev–Trinajstić information content (AvgIpc) is 2.70. The third-order valence-corrected chi connectivity index (χ3v) is 4.68. The lowest BCUT2D eigenvalue weighted by atomic mass is 10.1. The number of halogens is 1. The maximum absolute atomic E-state index is 13.7. The molecular weight excluding hydrogens is 347 g/mol. The van der Waals surface area contributed by atoms with Gasteiger partial charge in [0.1, 0.15) is 5.82 Å². The molecule has 6 heteroatoms. The molecule has 2 aromatic carbocycles. The second-order valence-corrected chi connectivity index (χ2v) is 6.40. The van der Waals surface area contributed by atoms with Crippen LogP contribution in [-0.4, -0.2) is 49.6 Å². The first-order chi connectivity index (χ1) is 13.1. The van der Waals surface area contributed by atoms with Crippen LogP contribution in [0.3, 0.4) is 0 Å². The van der Waals surface area contributed by atoms with Crippen LogP contribution in [0, 0.1) is 5.82 Å². The number of esters is 1. The van der Waals surface area contributed by atoms with Gasteiger partial charge in [0.15, 0.2) is 0 Å². The number of carbonyl (C=O) groups is 2. The lowest BCUT2D eigenvalue weighted by Crippen LogP contribution is -2.49. The van der Waals surface area contributed by atoms with E-state index in [2.05, 4.69) is 4.90 Å². The summed E-state index contributed by atoms with van der Waals surface area (Å²) in [6.45, 7) is 4.70. The molecule has 0 radical (unpaired) electrons. The summed E-state index contributed by atoms with van der Waals surface area (Å²) in [6.07, 6.45) is 0.0842. The standard InChI is InChI=1S/C21H23FN2O3/c1-2-27-21(26)16-7-9-18(10-8-16)23-11-13-24(14-12-23)20(25)15-17-5-3-4-6-19(17)22/h3-10H,2,11-15H2,1H3. The topological polar surface area (TPSA) is 49.9 Å². The second kappa shape index (κ2) is 8.66. The molecule has 1 aliphatic rings. The molecule has 2 aromatic rings. The molecule has 0 saturated carbocycles. The summed E-state index contributed by atoms with van der Waals surface area (Å²) in [7, 11) is 0. The number of benzene rings is 2. The summed E-state index contributed by atoms with van der Waals surface area (Å²) in [5.74, 6) is -0.726. The molecular formula is C21H23FN2O3. The van der Waals surface area contributed by atoms with Crippen molar-refractivity contribution in [2.75, 3.05) is 37.7 Å². The number of carbonyl (C=O) groups excluding carboxylic acids is 2. The number of anilines is 1. The predicted octanol–water partition coefficient (Wildman–Crippen LogP) is 2.89. The van der Waals surface area contributed by atoms with Gasteiger partial charge in [0.2, 0.25) is 5.91 Å². The van der Waals surface area contributed by atoms with Gasteiger partial charge in [-0.05, 0) is 42.8 Å². The SMILES string of the molecule is CCOC(=O)c1ccc(N2CCN(C(=O)Cc3ccccc3F)CC2)cc1. The monoisotopic (exact) mass is 370 g/mol. The van der Waals surface area contributed by atoms with E-state index in [0.717, 1.165) is 5.69 Å². The number of nitrogens with zero attached hydrogens (tertiary/aromatic N) is 2. The summed E-state index contributed by atoms with van der Waals surface area (Å²) in [4.78, 5) is 28.1. The van der Waals surface area contributed by atoms with Gasteiger partial charge < -0.3 is 14.5 Å². The van der Waals surface area contributed by atoms with Crippen LogP contribution in [-0.2, 0) is 16.0 Å². The Kier molecular flexibility index (Phi) is 6.06. The van der Waals surface area contributed by atoms with Crippen molar-refractivity contribution < 1.29 is 18.7 Å². The third-order valence-electron chi connectivity index (χ3n) is 4.68. The Labute approximate surface area is 158 Å². The number of amides is 1. The Morgan fingerprint density at radius 1 is 1.00 bits per heavy atom. The smallest absolute Gasteiger partial charge is 0.338 e. The first-order valence-electron chi connectivity index (χ1n) is 9.12. The van der Waals surface area contributed by atoms with E-state index in [1.54, 1.807) is 42.2 Å². The van der Waals surface area contributed by atoms with Crippen LogP contribution in [0.15, 0.2) is 48.5 Å². The number of hydrogen-bond donors (Lipinski definition) is 0. The van der Waals surface area contributed by atoms with E-state index >= 15 is 0 Å². The van der Waals surface area contributed by atoms with Gasteiger partial charge in [0, 0.05) is 31.9 Å². The van der Waals surface area contributed by atoms with Crippen LogP contribution in [0.2, 0.25) is 0 Å². The molecule has 0 aromatic heterocycles. The van der Waals surface area contributed by atoms with Gasteiger partial charge >= 0.3 is 5.97 Å². The summed E-state index contributed by atoms with van der Waals surface area (Å²) in [5, 5.41) is 0. The maximum Gasteiger partial charge on any atom is 0.338 e. The molecule has 3 rings (SSSR count). The lowest BCUT2D eigenvalue weighted by molar-refractivity contribution is -0.130. The van der Waals surface area contributed by atoms with Gasteiger partial charge in [-0.1, -0.05) is 18.2 Å². The zero-order chi connectivity index (χ0) is 19.2. The van der Waals surface area contributed by atoms with E-state index in [4.69, 9.17) is 4.74 Å². The fraction of sp³-hybridized carbons (Fsp3) is 0.333. The quantitative estimate of drug-likeness (QED) is 0.760. The zero-order valence-corrected chi connectivity index (χ0v) is 15.4. The molecule has 0 unspecified atom stereocenters. The molecule has 1 heterocycles. The second-order valence-electron chi connectivity index (χ2n) is 6.40. The van der Waals surface area contributed by atoms with Crippen LogP contribution in [0.4, 0.5) is 10.1 Å². The van der Waals surface area contributed by atoms with E-state index in [0.29, 0.717) is 43.9 Å². The van der Waals surface area contributed by atoms with Gasteiger partial charge in [-0.2, -0.15) is 0 Å². The summed E-state index contributed by atoms with van der Waals surface area (Å²) in [6, 6.07) is 13.7. The molecule has 5 nitrogen and oxygen atoms in total. The van der Waals surface area contributed by atoms with E-state index in [9.17, 15) is 14.0 Å². The minimum atomic E-state index is -0.342. The van der Waals surface area contributed by atoms with Crippen molar-refractivity contribution in [1.29, 1.82) is 0 Å². The van der Waals surface area contributed by atoms with Crippen LogP contribution < -0.4 is 4.90 Å². The van der Waals surface area contributed by atoms with Crippen molar-refractivity contribution in [2.24, 2.45) is 0 Å². The van der Waals surface area contributed by atoms with Gasteiger partial charge in [0.25, 0.3) is 0 Å². The van der Waals surface area contributed by atoms with Crippen molar-refractivity contribution in [3.8, 4) is 0 Å². The lowest BCUT2D eigenvalue weighted by Gasteiger charge is -2.36. The normalized spacial score (nSPS) is 14.1. The molecule has 0 atom stereocenters. The number of rotatable bonds is 5. The third kappa shape index (κ3) is 4.64. The van der Waals surface area contributed by atoms with Gasteiger partial charge in [-0.3, -0.25) is 4.79 Å². The van der Waals surface area contributed by atoms with Crippen molar-refractivity contribution in [3.63, 3.8) is 0 Å². The molecule has 27 heavy (non-hydrogen) atoms. The Morgan fingerprint density at radius 3 is 2.30 bits per heavy atom. The highest BCUT2D eigenvalue weighted by Crippen LogP contribution is 2.18. The minimum absolute atomic E-state index is 0.0580. The number of piperazine rings is 1. The van der Waals surface area contributed by atoms with Gasteiger partial charge in [-0.15, -0.1) is 0 Å². The summed E-state index contributed by atoms with van der Waals surface area (Å²) >= 11 is 0. The average molecular weight is 370 g/mol. The molecule has 0 bridgehead atoms. The van der Waals surface area contributed by atoms with Crippen molar-refractivity contribution in [1.82, 2.24) is 4.90 Å². The maximum atomic E-state index is 13.7. The first-order valence-corrected chi connectivity index (χ1v) is 9.12. The first kappa shape index (κ1) is 18.9. The van der Waals surface area contributed by atoms with E-state index < -0.39 is 0 Å². The molecule has 1 fully saturated rings. The summed E-state index contributed by atoms with van der Waals surface area (Å²) < 4.78 is 18.7. The zero-order valence-electron chi connectivity index (χ0n) is 15.4. The van der Waals surface area contributed by atoms with Gasteiger partial charge in [-0.25, -0.2) is 9.18 Å². The van der Waals surface area contributed by atoms with E-state index in [1.807, 2.05) is 12.1 Å². The van der Waals surface area contributed by atoms with E-state index in [1.165, 1.54) is 6.07 Å². The Hall–Kier alpha value is -2.89. The summed E-state index contributed by atoms with van der Waals surface area (Å²) in [5.41, 5.74) is 1.96.